The number of ether oxygens (including phenoxy) is 1. The first-order valence-corrected chi connectivity index (χ1v) is 8.94. The van der Waals surface area contributed by atoms with Crippen molar-refractivity contribution in [3.05, 3.63) is 65.2 Å². The van der Waals surface area contributed by atoms with E-state index in [2.05, 4.69) is 16.7 Å². The second-order valence-electron chi connectivity index (χ2n) is 6.51. The number of hydrogen-bond donors (Lipinski definition) is 2. The van der Waals surface area contributed by atoms with Crippen LogP contribution in [0.2, 0.25) is 0 Å². The van der Waals surface area contributed by atoms with Crippen molar-refractivity contribution in [2.45, 2.75) is 31.8 Å². The Labute approximate surface area is 154 Å². The number of carbonyl (C=O) groups is 1. The molecule has 26 heavy (non-hydrogen) atoms. The van der Waals surface area contributed by atoms with Crippen molar-refractivity contribution in [3.8, 4) is 11.8 Å². The van der Waals surface area contributed by atoms with E-state index < -0.39 is 0 Å². The Bertz CT molecular complexity index is 759. The zero-order valence-corrected chi connectivity index (χ0v) is 14.7. The number of nitriles is 1. The van der Waals surface area contributed by atoms with Gasteiger partial charge in [0.25, 0.3) is 5.91 Å². The van der Waals surface area contributed by atoms with Gasteiger partial charge >= 0.3 is 0 Å². The number of nitrogens with zero attached hydrogens (tertiary/aromatic N) is 1. The van der Waals surface area contributed by atoms with Crippen LogP contribution in [0.25, 0.3) is 0 Å². The molecule has 1 fully saturated rings. The van der Waals surface area contributed by atoms with Gasteiger partial charge in [0.1, 0.15) is 5.75 Å². The summed E-state index contributed by atoms with van der Waals surface area (Å²) in [6.07, 6.45) is 3.08. The van der Waals surface area contributed by atoms with Gasteiger partial charge in [-0.2, -0.15) is 5.26 Å². The number of hydrogen-bond acceptors (Lipinski definition) is 4. The molecular formula is C21H23N3O2. The summed E-state index contributed by atoms with van der Waals surface area (Å²) in [7, 11) is 0. The van der Waals surface area contributed by atoms with E-state index in [4.69, 9.17) is 10.00 Å². The summed E-state index contributed by atoms with van der Waals surface area (Å²) < 4.78 is 5.50. The van der Waals surface area contributed by atoms with E-state index in [1.54, 1.807) is 0 Å². The molecule has 2 aromatic carbocycles. The molecule has 5 heteroatoms. The summed E-state index contributed by atoms with van der Waals surface area (Å²) in [4.78, 5) is 11.6. The highest BCUT2D eigenvalue weighted by Gasteiger charge is 2.23. The van der Waals surface area contributed by atoms with Crippen molar-refractivity contribution in [2.24, 2.45) is 0 Å². The molecule has 1 aliphatic carbocycles. The maximum absolute atomic E-state index is 11.6. The summed E-state index contributed by atoms with van der Waals surface area (Å²) in [5, 5.41) is 15.1. The summed E-state index contributed by atoms with van der Waals surface area (Å²) in [6, 6.07) is 18.0. The van der Waals surface area contributed by atoms with Crippen molar-refractivity contribution < 1.29 is 9.53 Å². The van der Waals surface area contributed by atoms with E-state index in [0.29, 0.717) is 17.4 Å². The minimum Gasteiger partial charge on any atom is -0.484 e. The van der Waals surface area contributed by atoms with E-state index in [-0.39, 0.29) is 12.5 Å². The topological polar surface area (TPSA) is 74.1 Å². The third kappa shape index (κ3) is 5.91. The lowest BCUT2D eigenvalue weighted by molar-refractivity contribution is -0.123. The fraction of sp³-hybridized carbons (Fsp3) is 0.333. The molecule has 5 nitrogen and oxygen atoms in total. The predicted molar refractivity (Wildman–Crippen MR) is 99.7 cm³/mol. The maximum Gasteiger partial charge on any atom is 0.258 e. The molecule has 3 rings (SSSR count). The smallest absolute Gasteiger partial charge is 0.258 e. The summed E-state index contributed by atoms with van der Waals surface area (Å²) in [5.74, 6) is 0.661. The van der Waals surface area contributed by atoms with Crippen molar-refractivity contribution in [3.63, 3.8) is 0 Å². The number of benzene rings is 2. The van der Waals surface area contributed by atoms with Crippen LogP contribution >= 0.6 is 0 Å². The highest BCUT2D eigenvalue weighted by Crippen LogP contribution is 2.18. The minimum absolute atomic E-state index is 0.0522. The largest absolute Gasteiger partial charge is 0.484 e. The molecule has 0 aliphatic heterocycles. The molecule has 0 aromatic heterocycles. The maximum atomic E-state index is 11.6. The standard InChI is InChI=1S/C21H23N3O2/c22-13-17-1-3-18(4-2-17)14-23-12-11-16-5-9-20(10-6-16)26-15-21(25)24-19-7-8-19/h1-6,9-10,19,23H,7-8,11-12,14-15H2,(H,24,25). The molecule has 0 atom stereocenters. The number of rotatable bonds is 9. The number of amides is 1. The Morgan fingerprint density at radius 2 is 1.77 bits per heavy atom. The van der Waals surface area contributed by atoms with Gasteiger partial charge in [-0.1, -0.05) is 24.3 Å². The molecule has 0 unspecified atom stereocenters. The molecule has 0 spiro atoms. The van der Waals surface area contributed by atoms with Crippen LogP contribution < -0.4 is 15.4 Å². The van der Waals surface area contributed by atoms with E-state index in [0.717, 1.165) is 37.9 Å². The van der Waals surface area contributed by atoms with Gasteiger partial charge in [-0.15, -0.1) is 0 Å². The molecule has 1 aliphatic rings. The Morgan fingerprint density at radius 1 is 1.08 bits per heavy atom. The van der Waals surface area contributed by atoms with Gasteiger partial charge in [-0.05, 0) is 61.2 Å². The van der Waals surface area contributed by atoms with Gasteiger partial charge < -0.3 is 15.4 Å². The molecule has 134 valence electrons. The Kier molecular flexibility index (Phi) is 6.24. The quantitative estimate of drug-likeness (QED) is 0.682. The van der Waals surface area contributed by atoms with E-state index >= 15 is 0 Å². The number of carbonyl (C=O) groups excluding carboxylic acids is 1. The van der Waals surface area contributed by atoms with Gasteiger partial charge in [0.05, 0.1) is 11.6 Å². The van der Waals surface area contributed by atoms with Crippen LogP contribution in [0.5, 0.6) is 5.75 Å². The lowest BCUT2D eigenvalue weighted by atomic mass is 10.1. The van der Waals surface area contributed by atoms with Gasteiger partial charge in [0.2, 0.25) is 0 Å². The number of nitrogens with one attached hydrogen (secondary N) is 2. The van der Waals surface area contributed by atoms with Crippen LogP contribution in [-0.4, -0.2) is 25.1 Å². The van der Waals surface area contributed by atoms with Crippen molar-refractivity contribution in [2.75, 3.05) is 13.2 Å². The first-order valence-electron chi connectivity index (χ1n) is 8.94. The average Bonchev–Trinajstić information content (AvgIpc) is 3.49. The van der Waals surface area contributed by atoms with E-state index in [9.17, 15) is 4.79 Å². The monoisotopic (exact) mass is 349 g/mol. The van der Waals surface area contributed by atoms with Gasteiger partial charge in [0.15, 0.2) is 6.61 Å². The summed E-state index contributed by atoms with van der Waals surface area (Å²) in [6.45, 7) is 1.72. The minimum atomic E-state index is -0.0522. The highest BCUT2D eigenvalue weighted by molar-refractivity contribution is 5.78. The molecule has 0 radical (unpaired) electrons. The zero-order valence-electron chi connectivity index (χ0n) is 14.7. The van der Waals surface area contributed by atoms with Gasteiger partial charge in [0, 0.05) is 12.6 Å². The van der Waals surface area contributed by atoms with Crippen LogP contribution in [0, 0.1) is 11.3 Å². The lowest BCUT2D eigenvalue weighted by Gasteiger charge is -2.08. The van der Waals surface area contributed by atoms with Crippen LogP contribution in [-0.2, 0) is 17.8 Å². The molecular weight excluding hydrogens is 326 g/mol. The molecule has 0 bridgehead atoms. The molecule has 0 heterocycles. The van der Waals surface area contributed by atoms with Crippen molar-refractivity contribution in [1.82, 2.24) is 10.6 Å². The molecule has 1 saturated carbocycles. The average molecular weight is 349 g/mol. The van der Waals surface area contributed by atoms with Crippen LogP contribution in [0.3, 0.4) is 0 Å². The zero-order chi connectivity index (χ0) is 18.2. The fourth-order valence-corrected chi connectivity index (χ4v) is 2.56. The van der Waals surface area contributed by atoms with Crippen molar-refractivity contribution in [1.29, 1.82) is 5.26 Å². The normalized spacial score (nSPS) is 13.0. The Morgan fingerprint density at radius 3 is 2.42 bits per heavy atom. The van der Waals surface area contributed by atoms with Gasteiger partial charge in [-0.3, -0.25) is 4.79 Å². The third-order valence-corrected chi connectivity index (χ3v) is 4.24. The molecule has 2 aromatic rings. The molecule has 2 N–H and O–H groups in total. The summed E-state index contributed by atoms with van der Waals surface area (Å²) in [5.41, 5.74) is 3.06. The highest BCUT2D eigenvalue weighted by atomic mass is 16.5. The first-order chi connectivity index (χ1) is 12.7. The van der Waals surface area contributed by atoms with Crippen molar-refractivity contribution >= 4 is 5.91 Å². The van der Waals surface area contributed by atoms with Crippen LogP contribution in [0.15, 0.2) is 48.5 Å². The van der Waals surface area contributed by atoms with Crippen LogP contribution in [0.1, 0.15) is 29.5 Å². The first kappa shape index (κ1) is 18.0. The molecule has 1 amide bonds. The van der Waals surface area contributed by atoms with Crippen LogP contribution in [0.4, 0.5) is 0 Å². The third-order valence-electron chi connectivity index (χ3n) is 4.24. The predicted octanol–water partition coefficient (Wildman–Crippen LogP) is 2.55. The fourth-order valence-electron chi connectivity index (χ4n) is 2.56. The van der Waals surface area contributed by atoms with Gasteiger partial charge in [-0.25, -0.2) is 0 Å². The molecule has 0 saturated heterocycles. The Balaban J connectivity index is 1.34. The second kappa shape index (κ2) is 9.02. The van der Waals surface area contributed by atoms with E-state index in [1.807, 2.05) is 48.5 Å². The second-order valence-corrected chi connectivity index (χ2v) is 6.51. The summed E-state index contributed by atoms with van der Waals surface area (Å²) >= 11 is 0. The SMILES string of the molecule is N#Cc1ccc(CNCCc2ccc(OCC(=O)NC3CC3)cc2)cc1. The Hall–Kier alpha value is -2.84. The van der Waals surface area contributed by atoms with E-state index in [1.165, 1.54) is 5.56 Å². The lowest BCUT2D eigenvalue weighted by Crippen LogP contribution is -2.30.